The van der Waals surface area contributed by atoms with Crippen molar-refractivity contribution < 1.29 is 9.47 Å². The van der Waals surface area contributed by atoms with Gasteiger partial charge in [-0.2, -0.15) is 5.26 Å². The summed E-state index contributed by atoms with van der Waals surface area (Å²) in [4.78, 5) is 0. The molecule has 0 aliphatic rings. The third-order valence-electron chi connectivity index (χ3n) is 1.48. The lowest BCUT2D eigenvalue weighted by atomic mass is 10.1. The van der Waals surface area contributed by atoms with E-state index in [0.717, 1.165) is 6.61 Å². The molecule has 0 saturated carbocycles. The maximum atomic E-state index is 8.58. The zero-order chi connectivity index (χ0) is 11.0. The normalized spacial score (nSPS) is 15.1. The molecule has 0 aliphatic carbocycles. The molecule has 0 heterocycles. The number of rotatable bonds is 7. The molecular formula is C10H20N2O2. The van der Waals surface area contributed by atoms with Gasteiger partial charge in [0.15, 0.2) is 0 Å². The van der Waals surface area contributed by atoms with Crippen molar-refractivity contribution in [2.75, 3.05) is 26.4 Å². The van der Waals surface area contributed by atoms with E-state index in [-0.39, 0.29) is 6.61 Å². The van der Waals surface area contributed by atoms with Gasteiger partial charge < -0.3 is 15.2 Å². The van der Waals surface area contributed by atoms with E-state index in [4.69, 9.17) is 20.5 Å². The van der Waals surface area contributed by atoms with Gasteiger partial charge in [0.25, 0.3) is 0 Å². The Labute approximate surface area is 86.0 Å². The number of nitrogens with zero attached hydrogens (tertiary/aromatic N) is 1. The summed E-state index contributed by atoms with van der Waals surface area (Å²) in [5.74, 6) is 0.536. The van der Waals surface area contributed by atoms with Crippen LogP contribution in [0.25, 0.3) is 0 Å². The second-order valence-electron chi connectivity index (χ2n) is 4.05. The smallest absolute Gasteiger partial charge is 0.124 e. The molecule has 0 aromatic rings. The highest BCUT2D eigenvalue weighted by Crippen LogP contribution is 1.97. The van der Waals surface area contributed by atoms with Gasteiger partial charge in [-0.15, -0.1) is 0 Å². The Kier molecular flexibility index (Phi) is 6.46. The number of nitriles is 1. The molecule has 0 fully saturated rings. The van der Waals surface area contributed by atoms with Crippen molar-refractivity contribution in [2.24, 2.45) is 11.7 Å². The van der Waals surface area contributed by atoms with Crippen LogP contribution in [0.3, 0.4) is 0 Å². The Bertz CT molecular complexity index is 185. The molecule has 82 valence electrons. The lowest BCUT2D eigenvalue weighted by molar-refractivity contribution is 0.0287. The van der Waals surface area contributed by atoms with Crippen LogP contribution in [0.1, 0.15) is 20.8 Å². The van der Waals surface area contributed by atoms with Crippen LogP contribution in [-0.4, -0.2) is 32.0 Å². The minimum atomic E-state index is -0.891. The molecule has 4 heteroatoms. The van der Waals surface area contributed by atoms with Crippen LogP contribution >= 0.6 is 0 Å². The van der Waals surface area contributed by atoms with Crippen LogP contribution in [0, 0.1) is 17.2 Å². The number of ether oxygens (including phenoxy) is 2. The van der Waals surface area contributed by atoms with Crippen LogP contribution in [0.4, 0.5) is 0 Å². The van der Waals surface area contributed by atoms with Crippen LogP contribution in [0.2, 0.25) is 0 Å². The predicted octanol–water partition coefficient (Wildman–Crippen LogP) is 0.917. The van der Waals surface area contributed by atoms with E-state index in [2.05, 4.69) is 13.8 Å². The second kappa shape index (κ2) is 6.77. The first kappa shape index (κ1) is 13.4. The maximum Gasteiger partial charge on any atom is 0.124 e. The Balaban J connectivity index is 3.27. The van der Waals surface area contributed by atoms with Crippen molar-refractivity contribution in [3.8, 4) is 6.07 Å². The first-order valence-corrected chi connectivity index (χ1v) is 4.83. The summed E-state index contributed by atoms with van der Waals surface area (Å²) in [6.45, 7) is 7.85. The van der Waals surface area contributed by atoms with E-state index in [1.165, 1.54) is 0 Å². The standard InChI is InChI=1S/C10H20N2O2/c1-9(2)6-13-4-5-14-8-10(3,12)7-11/h9H,4-6,8,12H2,1-3H3. The van der Waals surface area contributed by atoms with Crippen molar-refractivity contribution in [2.45, 2.75) is 26.3 Å². The highest BCUT2D eigenvalue weighted by Gasteiger charge is 2.16. The quantitative estimate of drug-likeness (QED) is 0.620. The number of nitrogens with two attached hydrogens (primary N) is 1. The molecule has 0 rings (SSSR count). The summed E-state index contributed by atoms with van der Waals surface area (Å²) in [5.41, 5.74) is 4.66. The summed E-state index contributed by atoms with van der Waals surface area (Å²) in [5, 5.41) is 8.58. The average molecular weight is 200 g/mol. The van der Waals surface area contributed by atoms with Crippen molar-refractivity contribution in [3.05, 3.63) is 0 Å². The van der Waals surface area contributed by atoms with Gasteiger partial charge in [0.05, 0.1) is 25.9 Å². The van der Waals surface area contributed by atoms with Crippen molar-refractivity contribution in [1.29, 1.82) is 5.26 Å². The Morgan fingerprint density at radius 1 is 1.36 bits per heavy atom. The lowest BCUT2D eigenvalue weighted by Gasteiger charge is -2.15. The first-order valence-electron chi connectivity index (χ1n) is 4.83. The van der Waals surface area contributed by atoms with Gasteiger partial charge in [0.2, 0.25) is 0 Å². The van der Waals surface area contributed by atoms with Gasteiger partial charge in [-0.1, -0.05) is 13.8 Å². The molecule has 2 N–H and O–H groups in total. The van der Waals surface area contributed by atoms with E-state index < -0.39 is 5.54 Å². The molecular weight excluding hydrogens is 180 g/mol. The Hall–Kier alpha value is -0.630. The molecule has 14 heavy (non-hydrogen) atoms. The molecule has 0 saturated heterocycles. The molecule has 0 aromatic heterocycles. The highest BCUT2D eigenvalue weighted by atomic mass is 16.5. The van der Waals surface area contributed by atoms with E-state index in [9.17, 15) is 0 Å². The first-order chi connectivity index (χ1) is 6.48. The van der Waals surface area contributed by atoms with Gasteiger partial charge >= 0.3 is 0 Å². The fourth-order valence-corrected chi connectivity index (χ4v) is 0.753. The topological polar surface area (TPSA) is 68.3 Å². The SMILES string of the molecule is CC(C)COCCOCC(C)(N)C#N. The molecule has 0 bridgehead atoms. The lowest BCUT2D eigenvalue weighted by Crippen LogP contribution is -2.39. The van der Waals surface area contributed by atoms with E-state index in [1.807, 2.05) is 6.07 Å². The summed E-state index contributed by atoms with van der Waals surface area (Å²) >= 11 is 0. The van der Waals surface area contributed by atoms with E-state index >= 15 is 0 Å². The minimum Gasteiger partial charge on any atom is -0.379 e. The molecule has 0 amide bonds. The largest absolute Gasteiger partial charge is 0.379 e. The summed E-state index contributed by atoms with van der Waals surface area (Å²) in [6, 6.07) is 1.96. The number of hydrogen-bond acceptors (Lipinski definition) is 4. The van der Waals surface area contributed by atoms with Crippen molar-refractivity contribution >= 4 is 0 Å². The van der Waals surface area contributed by atoms with Gasteiger partial charge in [-0.25, -0.2) is 0 Å². The monoisotopic (exact) mass is 200 g/mol. The fraction of sp³-hybridized carbons (Fsp3) is 0.900. The zero-order valence-corrected chi connectivity index (χ0v) is 9.25. The summed E-state index contributed by atoms with van der Waals surface area (Å²) in [6.07, 6.45) is 0. The molecule has 0 aliphatic heterocycles. The van der Waals surface area contributed by atoms with Crippen LogP contribution < -0.4 is 5.73 Å². The van der Waals surface area contributed by atoms with Crippen LogP contribution in [-0.2, 0) is 9.47 Å². The highest BCUT2D eigenvalue weighted by molar-refractivity contribution is 5.00. The fourth-order valence-electron chi connectivity index (χ4n) is 0.753. The second-order valence-corrected chi connectivity index (χ2v) is 4.05. The van der Waals surface area contributed by atoms with Gasteiger partial charge in [-0.05, 0) is 12.8 Å². The molecule has 1 atom stereocenters. The molecule has 4 nitrogen and oxygen atoms in total. The Morgan fingerprint density at radius 2 is 1.93 bits per heavy atom. The molecule has 0 aromatic carbocycles. The average Bonchev–Trinajstić information content (AvgIpc) is 2.10. The third kappa shape index (κ3) is 7.99. The van der Waals surface area contributed by atoms with Gasteiger partial charge in [-0.3, -0.25) is 0 Å². The van der Waals surface area contributed by atoms with Crippen LogP contribution in [0.15, 0.2) is 0 Å². The molecule has 0 spiro atoms. The summed E-state index contributed by atoms with van der Waals surface area (Å²) < 4.78 is 10.5. The third-order valence-corrected chi connectivity index (χ3v) is 1.48. The molecule has 1 unspecified atom stereocenters. The van der Waals surface area contributed by atoms with Crippen LogP contribution in [0.5, 0.6) is 0 Å². The maximum absolute atomic E-state index is 8.58. The zero-order valence-electron chi connectivity index (χ0n) is 9.25. The molecule has 0 radical (unpaired) electrons. The number of hydrogen-bond donors (Lipinski definition) is 1. The van der Waals surface area contributed by atoms with E-state index in [1.54, 1.807) is 6.92 Å². The minimum absolute atomic E-state index is 0.245. The predicted molar refractivity (Wildman–Crippen MR) is 54.7 cm³/mol. The van der Waals surface area contributed by atoms with Gasteiger partial charge in [0, 0.05) is 6.61 Å². The van der Waals surface area contributed by atoms with Gasteiger partial charge in [0.1, 0.15) is 5.54 Å². The van der Waals surface area contributed by atoms with Crippen molar-refractivity contribution in [3.63, 3.8) is 0 Å². The Morgan fingerprint density at radius 3 is 2.43 bits per heavy atom. The van der Waals surface area contributed by atoms with E-state index in [0.29, 0.717) is 19.1 Å². The summed E-state index contributed by atoms with van der Waals surface area (Å²) in [7, 11) is 0. The van der Waals surface area contributed by atoms with Crippen molar-refractivity contribution in [1.82, 2.24) is 0 Å².